The fourth-order valence-electron chi connectivity index (χ4n) is 4.68. The van der Waals surface area contributed by atoms with Gasteiger partial charge in [-0.25, -0.2) is 9.69 Å². The molecule has 2 aliphatic rings. The highest BCUT2D eigenvalue weighted by Gasteiger charge is 2.37. The van der Waals surface area contributed by atoms with Crippen LogP contribution in [-0.4, -0.2) is 24.4 Å². The number of amides is 4. The van der Waals surface area contributed by atoms with Crippen molar-refractivity contribution in [3.8, 4) is 0 Å². The molecule has 1 saturated heterocycles. The van der Waals surface area contributed by atoms with Gasteiger partial charge in [0.25, 0.3) is 11.8 Å². The number of benzene rings is 3. The lowest BCUT2D eigenvalue weighted by molar-refractivity contribution is -0.122. The van der Waals surface area contributed by atoms with E-state index in [2.05, 4.69) is 28.4 Å². The average molecular weight is 466 g/mol. The van der Waals surface area contributed by atoms with Gasteiger partial charge in [0.05, 0.1) is 5.69 Å². The molecule has 0 spiro atoms. The van der Waals surface area contributed by atoms with Crippen LogP contribution in [0, 0.1) is 13.8 Å². The molecule has 0 aliphatic carbocycles. The fourth-order valence-corrected chi connectivity index (χ4v) is 4.68. The van der Waals surface area contributed by atoms with E-state index in [1.54, 1.807) is 18.2 Å². The van der Waals surface area contributed by atoms with Crippen molar-refractivity contribution in [2.45, 2.75) is 33.2 Å². The molecule has 0 bridgehead atoms. The van der Waals surface area contributed by atoms with Crippen LogP contribution in [0.3, 0.4) is 0 Å². The summed E-state index contributed by atoms with van der Waals surface area (Å²) in [5.41, 5.74) is 6.78. The Morgan fingerprint density at radius 3 is 2.49 bits per heavy atom. The number of hydrogen-bond donors (Lipinski definition) is 1. The molecule has 6 nitrogen and oxygen atoms in total. The Bertz CT molecular complexity index is 1360. The van der Waals surface area contributed by atoms with E-state index in [1.807, 2.05) is 50.2 Å². The molecule has 35 heavy (non-hydrogen) atoms. The smallest absolute Gasteiger partial charge is 0.335 e. The third kappa shape index (κ3) is 4.47. The molecule has 0 saturated carbocycles. The van der Waals surface area contributed by atoms with Crippen LogP contribution in [0.4, 0.5) is 16.2 Å². The summed E-state index contributed by atoms with van der Waals surface area (Å²) in [5, 5.41) is 2.31. The van der Waals surface area contributed by atoms with E-state index in [0.717, 1.165) is 47.5 Å². The van der Waals surface area contributed by atoms with Crippen molar-refractivity contribution in [3.05, 3.63) is 100 Å². The Morgan fingerprint density at radius 2 is 1.71 bits per heavy atom. The second-order valence-corrected chi connectivity index (χ2v) is 9.13. The highest BCUT2D eigenvalue weighted by molar-refractivity contribution is 6.39. The van der Waals surface area contributed by atoms with Gasteiger partial charge in [0, 0.05) is 18.8 Å². The first-order valence-corrected chi connectivity index (χ1v) is 11.8. The number of nitrogens with zero attached hydrogens (tertiary/aromatic N) is 2. The van der Waals surface area contributed by atoms with Gasteiger partial charge >= 0.3 is 6.03 Å². The van der Waals surface area contributed by atoms with Crippen molar-refractivity contribution in [1.82, 2.24) is 5.32 Å². The second kappa shape index (κ2) is 9.22. The highest BCUT2D eigenvalue weighted by Crippen LogP contribution is 2.31. The van der Waals surface area contributed by atoms with Crippen molar-refractivity contribution in [2.24, 2.45) is 0 Å². The third-order valence-corrected chi connectivity index (χ3v) is 6.70. The van der Waals surface area contributed by atoms with E-state index in [0.29, 0.717) is 5.69 Å². The lowest BCUT2D eigenvalue weighted by Gasteiger charge is -2.32. The van der Waals surface area contributed by atoms with Gasteiger partial charge in [0.1, 0.15) is 5.57 Å². The quantitative estimate of drug-likeness (QED) is 0.439. The van der Waals surface area contributed by atoms with Crippen LogP contribution < -0.4 is 15.1 Å². The Labute approximate surface area is 204 Å². The van der Waals surface area contributed by atoms with Gasteiger partial charge in [-0.05, 0) is 84.8 Å². The normalized spacial score (nSPS) is 17.0. The largest absolute Gasteiger partial charge is 0.367 e. The number of imide groups is 2. The summed E-state index contributed by atoms with van der Waals surface area (Å²) in [6.07, 6.45) is 3.55. The zero-order valence-electron chi connectivity index (χ0n) is 19.9. The van der Waals surface area contributed by atoms with Gasteiger partial charge in [-0.3, -0.25) is 14.9 Å². The van der Waals surface area contributed by atoms with Crippen LogP contribution in [0.25, 0.3) is 6.08 Å². The molecule has 2 heterocycles. The van der Waals surface area contributed by atoms with Crippen molar-refractivity contribution in [2.75, 3.05) is 16.3 Å². The first-order chi connectivity index (χ1) is 16.9. The molecule has 3 aromatic carbocycles. The van der Waals surface area contributed by atoms with Gasteiger partial charge in [-0.2, -0.15) is 0 Å². The Balaban J connectivity index is 1.44. The minimum Gasteiger partial charge on any atom is -0.367 e. The molecular weight excluding hydrogens is 438 g/mol. The molecule has 4 amide bonds. The highest BCUT2D eigenvalue weighted by atomic mass is 16.2. The Morgan fingerprint density at radius 1 is 0.914 bits per heavy atom. The van der Waals surface area contributed by atoms with E-state index in [1.165, 1.54) is 16.8 Å². The fraction of sp³-hybridized carbons (Fsp3) is 0.207. The monoisotopic (exact) mass is 465 g/mol. The van der Waals surface area contributed by atoms with Crippen LogP contribution in [0.2, 0.25) is 0 Å². The topological polar surface area (TPSA) is 69.7 Å². The molecule has 0 aromatic heterocycles. The van der Waals surface area contributed by atoms with Crippen molar-refractivity contribution >= 4 is 35.3 Å². The molecule has 1 fully saturated rings. The number of urea groups is 1. The molecule has 2 aliphatic heterocycles. The van der Waals surface area contributed by atoms with E-state index in [9.17, 15) is 14.4 Å². The number of anilines is 2. The number of fused-ring (bicyclic) bond motifs is 1. The van der Waals surface area contributed by atoms with Gasteiger partial charge in [0.2, 0.25) is 0 Å². The first kappa shape index (κ1) is 22.6. The maximum atomic E-state index is 13.3. The Hall–Kier alpha value is -4.19. The molecular formula is C29H27N3O3. The maximum absolute atomic E-state index is 13.3. The zero-order valence-corrected chi connectivity index (χ0v) is 19.9. The summed E-state index contributed by atoms with van der Waals surface area (Å²) in [5.74, 6) is -1.30. The minimum absolute atomic E-state index is 0.0558. The molecule has 1 N–H and O–H groups in total. The van der Waals surface area contributed by atoms with E-state index >= 15 is 0 Å². The van der Waals surface area contributed by atoms with Crippen LogP contribution >= 0.6 is 0 Å². The number of hydrogen-bond acceptors (Lipinski definition) is 4. The third-order valence-electron chi connectivity index (χ3n) is 6.70. The summed E-state index contributed by atoms with van der Waals surface area (Å²) < 4.78 is 0. The number of carbonyl (C=O) groups is 3. The summed E-state index contributed by atoms with van der Waals surface area (Å²) in [4.78, 5) is 41.8. The zero-order chi connectivity index (χ0) is 24.5. The number of barbiturate groups is 1. The number of aryl methyl sites for hydroxylation is 3. The number of rotatable bonds is 4. The lowest BCUT2D eigenvalue weighted by atomic mass is 9.97. The Kier molecular flexibility index (Phi) is 5.95. The maximum Gasteiger partial charge on any atom is 0.335 e. The van der Waals surface area contributed by atoms with Crippen LogP contribution in [0.1, 0.15) is 34.2 Å². The average Bonchev–Trinajstić information content (AvgIpc) is 2.84. The van der Waals surface area contributed by atoms with Gasteiger partial charge in [-0.1, -0.05) is 42.5 Å². The summed E-state index contributed by atoms with van der Waals surface area (Å²) in [6.45, 7) is 5.70. The standard InChI is InChI=1S/C29H27N3O3/c1-19-10-12-24(15-20(19)2)32-28(34)25(27(33)30-29(32)35)17-22-11-13-26-23(16-22)9-6-14-31(26)18-21-7-4-3-5-8-21/h3-5,7-8,10-13,15-17H,6,9,14,18H2,1-2H3,(H,30,33,35). The minimum atomic E-state index is -0.734. The number of nitrogens with one attached hydrogen (secondary N) is 1. The lowest BCUT2D eigenvalue weighted by Crippen LogP contribution is -2.54. The predicted molar refractivity (Wildman–Crippen MR) is 137 cm³/mol. The van der Waals surface area contributed by atoms with Crippen LogP contribution in [0.5, 0.6) is 0 Å². The summed E-state index contributed by atoms with van der Waals surface area (Å²) in [7, 11) is 0. The van der Waals surface area contributed by atoms with Crippen LogP contribution in [0.15, 0.2) is 72.3 Å². The van der Waals surface area contributed by atoms with E-state index < -0.39 is 17.8 Å². The first-order valence-electron chi connectivity index (χ1n) is 11.8. The van der Waals surface area contributed by atoms with Crippen molar-refractivity contribution in [3.63, 3.8) is 0 Å². The molecule has 176 valence electrons. The number of carbonyl (C=O) groups excluding carboxylic acids is 3. The van der Waals surface area contributed by atoms with Gasteiger partial charge in [0.15, 0.2) is 0 Å². The summed E-state index contributed by atoms with van der Waals surface area (Å²) >= 11 is 0. The van der Waals surface area contributed by atoms with Crippen LogP contribution in [-0.2, 0) is 22.6 Å². The molecule has 3 aromatic rings. The van der Waals surface area contributed by atoms with E-state index in [4.69, 9.17) is 0 Å². The SMILES string of the molecule is Cc1ccc(N2C(=O)NC(=O)C(=Cc3ccc4c(c3)CCCN4Cc3ccccc3)C2=O)cc1C. The molecule has 0 unspecified atom stereocenters. The summed E-state index contributed by atoms with van der Waals surface area (Å²) in [6, 6.07) is 21.0. The second-order valence-electron chi connectivity index (χ2n) is 9.13. The van der Waals surface area contributed by atoms with Gasteiger partial charge in [-0.15, -0.1) is 0 Å². The molecule has 5 rings (SSSR count). The molecule has 0 radical (unpaired) electrons. The molecule has 0 atom stereocenters. The van der Waals surface area contributed by atoms with Crippen molar-refractivity contribution in [1.29, 1.82) is 0 Å². The predicted octanol–water partition coefficient (Wildman–Crippen LogP) is 4.92. The van der Waals surface area contributed by atoms with E-state index in [-0.39, 0.29) is 5.57 Å². The van der Waals surface area contributed by atoms with Crippen molar-refractivity contribution < 1.29 is 14.4 Å². The molecule has 6 heteroatoms. The van der Waals surface area contributed by atoms with Gasteiger partial charge < -0.3 is 4.90 Å².